The van der Waals surface area contributed by atoms with Gasteiger partial charge in [-0.15, -0.1) is 0 Å². The molecule has 30 heavy (non-hydrogen) atoms. The molecule has 0 aliphatic carbocycles. The molecule has 2 aromatic rings. The second kappa shape index (κ2) is 8.45. The highest BCUT2D eigenvalue weighted by Gasteiger charge is 2.39. The molecule has 0 atom stereocenters. The maximum atomic E-state index is 12.3. The molecule has 7 nitrogen and oxygen atoms in total. The molecular formula is C23H26N2O5. The monoisotopic (exact) mass is 410 g/mol. The molecule has 0 unspecified atom stereocenters. The van der Waals surface area contributed by atoms with Gasteiger partial charge in [0.25, 0.3) is 0 Å². The zero-order chi connectivity index (χ0) is 21.1. The SMILES string of the molecule is COc1ccc(CC(=O)NCCC2(c3ccc4c(c3)CC(=O)N4C)OCCO2)cc1. The molecule has 2 aromatic carbocycles. The summed E-state index contributed by atoms with van der Waals surface area (Å²) < 4.78 is 17.1. The fourth-order valence-electron chi connectivity index (χ4n) is 3.97. The predicted octanol–water partition coefficient (Wildman–Crippen LogP) is 2.16. The van der Waals surface area contributed by atoms with E-state index in [0.29, 0.717) is 39.0 Å². The Labute approximate surface area is 175 Å². The van der Waals surface area contributed by atoms with Crippen molar-refractivity contribution < 1.29 is 23.8 Å². The fourth-order valence-corrected chi connectivity index (χ4v) is 3.97. The topological polar surface area (TPSA) is 77.1 Å². The summed E-state index contributed by atoms with van der Waals surface area (Å²) in [6, 6.07) is 13.3. The molecule has 158 valence electrons. The van der Waals surface area contributed by atoms with Crippen molar-refractivity contribution in [1.82, 2.24) is 5.32 Å². The van der Waals surface area contributed by atoms with Crippen molar-refractivity contribution in [3.05, 3.63) is 59.2 Å². The van der Waals surface area contributed by atoms with Crippen molar-refractivity contribution in [1.29, 1.82) is 0 Å². The van der Waals surface area contributed by atoms with Gasteiger partial charge in [0, 0.05) is 31.3 Å². The van der Waals surface area contributed by atoms with E-state index in [-0.39, 0.29) is 11.8 Å². The number of nitrogens with zero attached hydrogens (tertiary/aromatic N) is 1. The van der Waals surface area contributed by atoms with Gasteiger partial charge in [0.15, 0.2) is 5.79 Å². The summed E-state index contributed by atoms with van der Waals surface area (Å²) in [7, 11) is 3.40. The minimum atomic E-state index is -0.896. The number of methoxy groups -OCH3 is 1. The van der Waals surface area contributed by atoms with Crippen molar-refractivity contribution in [2.45, 2.75) is 25.0 Å². The van der Waals surface area contributed by atoms with Gasteiger partial charge in [0.2, 0.25) is 11.8 Å². The lowest BCUT2D eigenvalue weighted by Crippen LogP contribution is -2.35. The second-order valence-corrected chi connectivity index (χ2v) is 7.55. The summed E-state index contributed by atoms with van der Waals surface area (Å²) in [6.45, 7) is 1.41. The molecule has 2 aliphatic heterocycles. The third-order valence-corrected chi connectivity index (χ3v) is 5.65. The first-order chi connectivity index (χ1) is 14.5. The van der Waals surface area contributed by atoms with E-state index in [1.807, 2.05) is 42.5 Å². The molecule has 1 fully saturated rings. The Morgan fingerprint density at radius 2 is 1.90 bits per heavy atom. The van der Waals surface area contributed by atoms with Crippen LogP contribution in [0.1, 0.15) is 23.1 Å². The number of carbonyl (C=O) groups is 2. The van der Waals surface area contributed by atoms with E-state index in [1.54, 1.807) is 19.1 Å². The van der Waals surface area contributed by atoms with Gasteiger partial charge in [-0.3, -0.25) is 9.59 Å². The molecule has 0 spiro atoms. The molecule has 0 radical (unpaired) electrons. The van der Waals surface area contributed by atoms with E-state index in [0.717, 1.165) is 28.1 Å². The van der Waals surface area contributed by atoms with E-state index in [4.69, 9.17) is 14.2 Å². The number of amides is 2. The minimum Gasteiger partial charge on any atom is -0.497 e. The molecule has 1 N–H and O–H groups in total. The van der Waals surface area contributed by atoms with Crippen molar-refractivity contribution in [2.24, 2.45) is 0 Å². The van der Waals surface area contributed by atoms with Crippen LogP contribution < -0.4 is 15.0 Å². The number of hydrogen-bond donors (Lipinski definition) is 1. The number of carbonyl (C=O) groups excluding carboxylic acids is 2. The Balaban J connectivity index is 1.38. The molecule has 7 heteroatoms. The highest BCUT2D eigenvalue weighted by Crippen LogP contribution is 2.38. The van der Waals surface area contributed by atoms with Gasteiger partial charge in [-0.2, -0.15) is 0 Å². The number of likely N-dealkylation sites (N-methyl/N-ethyl adjacent to an activating group) is 1. The van der Waals surface area contributed by atoms with Crippen LogP contribution in [0.4, 0.5) is 5.69 Å². The van der Waals surface area contributed by atoms with Crippen LogP contribution in [-0.2, 0) is 37.7 Å². The quantitative estimate of drug-likeness (QED) is 0.757. The molecule has 2 heterocycles. The molecule has 4 rings (SSSR count). The molecule has 2 aliphatic rings. The summed E-state index contributed by atoms with van der Waals surface area (Å²) in [5, 5.41) is 2.96. The van der Waals surface area contributed by atoms with Crippen molar-refractivity contribution in [3.8, 4) is 5.75 Å². The highest BCUT2D eigenvalue weighted by molar-refractivity contribution is 6.00. The Hall–Kier alpha value is -2.90. The first kappa shape index (κ1) is 20.4. The van der Waals surface area contributed by atoms with Crippen LogP contribution in [0.25, 0.3) is 0 Å². The summed E-state index contributed by atoms with van der Waals surface area (Å²) >= 11 is 0. The molecule has 0 bridgehead atoms. The highest BCUT2D eigenvalue weighted by atomic mass is 16.7. The van der Waals surface area contributed by atoms with Gasteiger partial charge in [0.05, 0.1) is 33.2 Å². The number of nitrogens with one attached hydrogen (secondary N) is 1. The van der Waals surface area contributed by atoms with E-state index in [2.05, 4.69) is 5.32 Å². The van der Waals surface area contributed by atoms with Crippen LogP contribution in [0, 0.1) is 0 Å². The summed E-state index contributed by atoms with van der Waals surface area (Å²) in [5.41, 5.74) is 3.70. The van der Waals surface area contributed by atoms with Crippen LogP contribution in [0.3, 0.4) is 0 Å². The standard InChI is InChI=1S/C23H26N2O5/c1-25-20-8-5-18(14-17(20)15-22(25)27)23(29-11-12-30-23)9-10-24-21(26)13-16-3-6-19(28-2)7-4-16/h3-8,14H,9-13,15H2,1-2H3,(H,24,26). The summed E-state index contributed by atoms with van der Waals surface area (Å²) in [5.74, 6) is -0.115. The van der Waals surface area contributed by atoms with Gasteiger partial charge < -0.3 is 24.4 Å². The third-order valence-electron chi connectivity index (χ3n) is 5.65. The van der Waals surface area contributed by atoms with Crippen LogP contribution in [0.2, 0.25) is 0 Å². The normalized spacial score (nSPS) is 17.1. The molecule has 2 amide bonds. The number of ether oxygens (including phenoxy) is 3. The first-order valence-corrected chi connectivity index (χ1v) is 10.1. The number of benzene rings is 2. The van der Waals surface area contributed by atoms with E-state index in [9.17, 15) is 9.59 Å². The van der Waals surface area contributed by atoms with E-state index < -0.39 is 5.79 Å². The lowest BCUT2D eigenvalue weighted by Gasteiger charge is -2.28. The molecule has 0 saturated carbocycles. The maximum absolute atomic E-state index is 12.3. The maximum Gasteiger partial charge on any atom is 0.231 e. The van der Waals surface area contributed by atoms with Crippen LogP contribution in [0.15, 0.2) is 42.5 Å². The second-order valence-electron chi connectivity index (χ2n) is 7.55. The first-order valence-electron chi connectivity index (χ1n) is 10.1. The summed E-state index contributed by atoms with van der Waals surface area (Å²) in [6.07, 6.45) is 1.17. The van der Waals surface area contributed by atoms with E-state index in [1.165, 1.54) is 0 Å². The van der Waals surface area contributed by atoms with Crippen LogP contribution in [-0.4, -0.2) is 45.7 Å². The smallest absolute Gasteiger partial charge is 0.231 e. The lowest BCUT2D eigenvalue weighted by molar-refractivity contribution is -0.170. The van der Waals surface area contributed by atoms with Gasteiger partial charge in [-0.25, -0.2) is 0 Å². The predicted molar refractivity (Wildman–Crippen MR) is 111 cm³/mol. The minimum absolute atomic E-state index is 0.0607. The van der Waals surface area contributed by atoms with Crippen molar-refractivity contribution >= 4 is 17.5 Å². The van der Waals surface area contributed by atoms with Gasteiger partial charge >= 0.3 is 0 Å². The zero-order valence-electron chi connectivity index (χ0n) is 17.3. The Morgan fingerprint density at radius 3 is 2.60 bits per heavy atom. The average molecular weight is 410 g/mol. The summed E-state index contributed by atoms with van der Waals surface area (Å²) in [4.78, 5) is 26.0. The molecule has 1 saturated heterocycles. The van der Waals surface area contributed by atoms with Gasteiger partial charge in [0.1, 0.15) is 5.75 Å². The number of fused-ring (bicyclic) bond motifs is 1. The molecular weight excluding hydrogens is 384 g/mol. The van der Waals surface area contributed by atoms with Crippen molar-refractivity contribution in [2.75, 3.05) is 38.8 Å². The Bertz CT molecular complexity index is 935. The molecule has 0 aromatic heterocycles. The Kier molecular flexibility index (Phi) is 5.74. The Morgan fingerprint density at radius 1 is 1.17 bits per heavy atom. The zero-order valence-corrected chi connectivity index (χ0v) is 17.3. The van der Waals surface area contributed by atoms with Gasteiger partial charge in [-0.1, -0.05) is 18.2 Å². The largest absolute Gasteiger partial charge is 0.497 e. The average Bonchev–Trinajstić information content (AvgIpc) is 3.34. The van der Waals surface area contributed by atoms with Gasteiger partial charge in [-0.05, 0) is 35.4 Å². The van der Waals surface area contributed by atoms with Crippen LogP contribution in [0.5, 0.6) is 5.75 Å². The number of anilines is 1. The number of rotatable bonds is 7. The third kappa shape index (κ3) is 4.04. The van der Waals surface area contributed by atoms with Crippen molar-refractivity contribution in [3.63, 3.8) is 0 Å². The van der Waals surface area contributed by atoms with E-state index >= 15 is 0 Å². The fraction of sp³-hybridized carbons (Fsp3) is 0.391. The number of hydrogen-bond acceptors (Lipinski definition) is 5. The lowest BCUT2D eigenvalue weighted by atomic mass is 9.98. The van der Waals surface area contributed by atoms with Crippen LogP contribution >= 0.6 is 0 Å².